The van der Waals surface area contributed by atoms with Gasteiger partial charge < -0.3 is 20.3 Å². The molecule has 2 atom stereocenters. The maximum absolute atomic E-state index is 12.1. The molecule has 2 rings (SSSR count). The van der Waals surface area contributed by atoms with Crippen molar-refractivity contribution in [2.24, 2.45) is 0 Å². The lowest BCUT2D eigenvalue weighted by Crippen LogP contribution is -2.52. The van der Waals surface area contributed by atoms with Gasteiger partial charge in [-0.05, 0) is 0 Å². The normalized spacial score (nSPS) is 20.4. The van der Waals surface area contributed by atoms with E-state index in [2.05, 4.69) is 22.2 Å². The van der Waals surface area contributed by atoms with Gasteiger partial charge in [0, 0.05) is 42.4 Å². The van der Waals surface area contributed by atoms with E-state index in [1.165, 1.54) is 6.33 Å². The van der Waals surface area contributed by atoms with Gasteiger partial charge in [0.1, 0.15) is 6.04 Å². The van der Waals surface area contributed by atoms with Gasteiger partial charge in [0.15, 0.2) is 0 Å². The van der Waals surface area contributed by atoms with Crippen molar-refractivity contribution in [3.05, 3.63) is 18.2 Å². The Hall–Kier alpha value is -1.70. The quantitative estimate of drug-likeness (QED) is 0.754. The summed E-state index contributed by atoms with van der Waals surface area (Å²) in [6, 6.07) is -1.27. The van der Waals surface area contributed by atoms with Crippen molar-refractivity contribution >= 4 is 23.8 Å². The second-order valence-corrected chi connectivity index (χ2v) is 6.30. The molecule has 1 saturated heterocycles. The van der Waals surface area contributed by atoms with Crippen molar-refractivity contribution in [3.8, 4) is 0 Å². The molecule has 110 valence electrons. The van der Waals surface area contributed by atoms with Gasteiger partial charge in [-0.2, -0.15) is 11.8 Å². The highest BCUT2D eigenvalue weighted by atomic mass is 32.2. The third-order valence-electron chi connectivity index (χ3n) is 3.10. The molecule has 1 aliphatic heterocycles. The number of carbonyl (C=O) groups excluding carboxylic acids is 1. The van der Waals surface area contributed by atoms with Crippen LogP contribution in [0.15, 0.2) is 12.5 Å². The van der Waals surface area contributed by atoms with Crippen molar-refractivity contribution in [1.82, 2.24) is 20.2 Å². The van der Waals surface area contributed by atoms with Crippen LogP contribution in [0.2, 0.25) is 0 Å². The van der Waals surface area contributed by atoms with Crippen LogP contribution in [0, 0.1) is 0 Å². The number of rotatable bonds is 4. The summed E-state index contributed by atoms with van der Waals surface area (Å²) in [5, 5.41) is 12.2. The van der Waals surface area contributed by atoms with Crippen LogP contribution in [-0.2, 0) is 11.2 Å². The number of aromatic amines is 1. The molecule has 2 heterocycles. The molecule has 0 radical (unpaired) electrons. The third kappa shape index (κ3) is 3.89. The van der Waals surface area contributed by atoms with E-state index in [-0.39, 0.29) is 12.5 Å². The van der Waals surface area contributed by atoms with Crippen LogP contribution in [0.1, 0.15) is 12.6 Å². The van der Waals surface area contributed by atoms with Crippen LogP contribution in [0.4, 0.5) is 4.79 Å². The highest BCUT2D eigenvalue weighted by Gasteiger charge is 2.26. The molecule has 0 bridgehead atoms. The number of hydrogen-bond donors (Lipinski definition) is 3. The number of amides is 2. The summed E-state index contributed by atoms with van der Waals surface area (Å²) in [4.78, 5) is 31.7. The number of urea groups is 1. The molecule has 20 heavy (non-hydrogen) atoms. The van der Waals surface area contributed by atoms with Gasteiger partial charge in [-0.3, -0.25) is 0 Å². The van der Waals surface area contributed by atoms with Gasteiger partial charge >= 0.3 is 12.0 Å². The number of carboxylic acids is 1. The fraction of sp³-hybridized carbons (Fsp3) is 0.583. The number of nitrogens with zero attached hydrogens (tertiary/aromatic N) is 2. The minimum atomic E-state index is -1.05. The van der Waals surface area contributed by atoms with Gasteiger partial charge in [-0.25, -0.2) is 14.6 Å². The van der Waals surface area contributed by atoms with Gasteiger partial charge in [-0.1, -0.05) is 6.92 Å². The molecule has 0 spiro atoms. The first-order valence-corrected chi connectivity index (χ1v) is 7.48. The number of thioether (sulfide) groups is 1. The maximum atomic E-state index is 12.1. The highest BCUT2D eigenvalue weighted by Crippen LogP contribution is 2.17. The zero-order valence-electron chi connectivity index (χ0n) is 11.2. The molecule has 0 saturated carbocycles. The van der Waals surface area contributed by atoms with E-state index in [4.69, 9.17) is 0 Å². The second-order valence-electron chi connectivity index (χ2n) is 4.75. The van der Waals surface area contributed by atoms with Gasteiger partial charge in [0.25, 0.3) is 0 Å². The average molecular weight is 298 g/mol. The zero-order chi connectivity index (χ0) is 14.5. The number of carboxylic acid groups (broad SMARTS) is 1. The van der Waals surface area contributed by atoms with Gasteiger partial charge in [0.05, 0.1) is 6.33 Å². The van der Waals surface area contributed by atoms with E-state index in [1.807, 2.05) is 11.8 Å². The Labute approximate surface area is 121 Å². The largest absolute Gasteiger partial charge is 0.480 e. The Morgan fingerprint density at radius 3 is 3.10 bits per heavy atom. The molecule has 1 aromatic heterocycles. The summed E-state index contributed by atoms with van der Waals surface area (Å²) >= 11 is 1.82. The zero-order valence-corrected chi connectivity index (χ0v) is 12.0. The Balaban J connectivity index is 1.93. The SMILES string of the molecule is CC1CN(C(=O)N[C@H](Cc2cnc[nH]2)C(=O)O)CCS1. The van der Waals surface area contributed by atoms with Crippen molar-refractivity contribution in [2.45, 2.75) is 24.6 Å². The second kappa shape index (κ2) is 6.65. The van der Waals surface area contributed by atoms with Crippen molar-refractivity contribution in [3.63, 3.8) is 0 Å². The molecule has 1 unspecified atom stereocenters. The predicted molar refractivity (Wildman–Crippen MR) is 75.7 cm³/mol. The van der Waals surface area contributed by atoms with E-state index in [0.29, 0.717) is 24.0 Å². The van der Waals surface area contributed by atoms with Gasteiger partial charge in [0.2, 0.25) is 0 Å². The molecule has 2 amide bonds. The summed E-state index contributed by atoms with van der Waals surface area (Å²) in [6.07, 6.45) is 3.24. The van der Waals surface area contributed by atoms with E-state index in [1.54, 1.807) is 11.1 Å². The molecule has 3 N–H and O–H groups in total. The molecule has 1 aromatic rings. The van der Waals surface area contributed by atoms with Crippen molar-refractivity contribution in [1.29, 1.82) is 0 Å². The molecule has 1 aliphatic rings. The van der Waals surface area contributed by atoms with Crippen LogP contribution in [0.3, 0.4) is 0 Å². The summed E-state index contributed by atoms with van der Waals surface area (Å²) in [6.45, 7) is 3.35. The number of hydrogen-bond acceptors (Lipinski definition) is 4. The van der Waals surface area contributed by atoms with Crippen molar-refractivity contribution in [2.75, 3.05) is 18.8 Å². The molecule has 0 aromatic carbocycles. The Kier molecular flexibility index (Phi) is 4.89. The number of carbonyl (C=O) groups is 2. The third-order valence-corrected chi connectivity index (χ3v) is 4.24. The number of aromatic nitrogens is 2. The molecular formula is C12H18N4O3S. The summed E-state index contributed by atoms with van der Waals surface area (Å²) in [7, 11) is 0. The van der Waals surface area contributed by atoms with E-state index >= 15 is 0 Å². The predicted octanol–water partition coefficient (Wildman–Crippen LogP) is 0.552. The van der Waals surface area contributed by atoms with E-state index in [0.717, 1.165) is 5.75 Å². The van der Waals surface area contributed by atoms with Gasteiger partial charge in [-0.15, -0.1) is 0 Å². The smallest absolute Gasteiger partial charge is 0.326 e. The van der Waals surface area contributed by atoms with Crippen molar-refractivity contribution < 1.29 is 14.7 Å². The number of H-pyrrole nitrogens is 1. The Morgan fingerprint density at radius 1 is 1.70 bits per heavy atom. The maximum Gasteiger partial charge on any atom is 0.326 e. The standard InChI is InChI=1S/C12H18N4O3S/c1-8-6-16(2-3-20-8)12(19)15-10(11(17)18)4-9-5-13-7-14-9/h5,7-8,10H,2-4,6H2,1H3,(H,13,14)(H,15,19)(H,17,18)/t8?,10-/m1/s1. The monoisotopic (exact) mass is 298 g/mol. The molecule has 7 nitrogen and oxygen atoms in total. The first kappa shape index (κ1) is 14.7. The minimum absolute atomic E-state index is 0.194. The number of aliphatic carboxylic acids is 1. The number of imidazole rings is 1. The first-order valence-electron chi connectivity index (χ1n) is 6.43. The molecule has 1 fully saturated rings. The summed E-state index contributed by atoms with van der Waals surface area (Å²) < 4.78 is 0. The van der Waals surface area contributed by atoms with Crippen LogP contribution in [0.25, 0.3) is 0 Å². The molecule has 0 aliphatic carbocycles. The lowest BCUT2D eigenvalue weighted by Gasteiger charge is -2.31. The number of nitrogens with one attached hydrogen (secondary N) is 2. The lowest BCUT2D eigenvalue weighted by atomic mass is 10.1. The topological polar surface area (TPSA) is 98.3 Å². The Bertz CT molecular complexity index is 465. The summed E-state index contributed by atoms with van der Waals surface area (Å²) in [5.41, 5.74) is 0.681. The van der Waals surface area contributed by atoms with Crippen LogP contribution < -0.4 is 5.32 Å². The van der Waals surface area contributed by atoms with E-state index < -0.39 is 12.0 Å². The lowest BCUT2D eigenvalue weighted by molar-refractivity contribution is -0.139. The summed E-state index contributed by atoms with van der Waals surface area (Å²) in [5.74, 6) is -0.167. The van der Waals surface area contributed by atoms with E-state index in [9.17, 15) is 14.7 Å². The molecular weight excluding hydrogens is 280 g/mol. The van der Waals surface area contributed by atoms with Crippen LogP contribution in [-0.4, -0.2) is 62.1 Å². The fourth-order valence-electron chi connectivity index (χ4n) is 2.06. The first-order chi connectivity index (χ1) is 9.56. The Morgan fingerprint density at radius 2 is 2.50 bits per heavy atom. The average Bonchev–Trinajstić information content (AvgIpc) is 2.90. The molecule has 8 heteroatoms. The fourth-order valence-corrected chi connectivity index (χ4v) is 3.07. The van der Waals surface area contributed by atoms with Crippen LogP contribution in [0.5, 0.6) is 0 Å². The minimum Gasteiger partial charge on any atom is -0.480 e. The highest BCUT2D eigenvalue weighted by molar-refractivity contribution is 7.99. The van der Waals surface area contributed by atoms with Crippen LogP contribution >= 0.6 is 11.8 Å².